The third kappa shape index (κ3) is 5.58. The number of benzene rings is 3. The van der Waals surface area contributed by atoms with Crippen LogP contribution < -0.4 is 14.9 Å². The van der Waals surface area contributed by atoms with E-state index in [1.807, 2.05) is 30.3 Å². The number of nitro groups is 1. The summed E-state index contributed by atoms with van der Waals surface area (Å²) in [7, 11) is 1.38. The van der Waals surface area contributed by atoms with Gasteiger partial charge in [0.15, 0.2) is 5.75 Å². The number of nitro benzene ring substituents is 1. The van der Waals surface area contributed by atoms with E-state index < -0.39 is 10.8 Å². The summed E-state index contributed by atoms with van der Waals surface area (Å²) in [5.41, 5.74) is 3.51. The number of hydrazone groups is 1. The molecular formula is C22H18ClN3O5. The summed E-state index contributed by atoms with van der Waals surface area (Å²) in [5.74, 6) is -0.330. The average molecular weight is 440 g/mol. The maximum absolute atomic E-state index is 12.2. The Labute approximate surface area is 183 Å². The molecule has 3 aromatic rings. The summed E-state index contributed by atoms with van der Waals surface area (Å²) < 4.78 is 11.0. The molecule has 0 aliphatic rings. The molecule has 0 aliphatic heterocycles. The Kier molecular flexibility index (Phi) is 7.18. The molecule has 8 nitrogen and oxygen atoms in total. The van der Waals surface area contributed by atoms with E-state index in [9.17, 15) is 14.9 Å². The van der Waals surface area contributed by atoms with Crippen LogP contribution in [-0.2, 0) is 6.61 Å². The standard InChI is InChI=1S/C22H18ClN3O5/c1-30-20-12-16(13-24-25-22(27)17-9-5-6-10-18(17)23)11-19(26(28)29)21(20)31-14-15-7-3-2-4-8-15/h2-13H,14H2,1H3,(H,25,27)/b24-13-. The zero-order chi connectivity index (χ0) is 22.2. The van der Waals surface area contributed by atoms with Crippen molar-refractivity contribution in [2.75, 3.05) is 7.11 Å². The van der Waals surface area contributed by atoms with E-state index in [-0.39, 0.29) is 34.4 Å². The molecule has 3 aromatic carbocycles. The van der Waals surface area contributed by atoms with E-state index in [1.54, 1.807) is 24.3 Å². The molecule has 1 amide bonds. The molecular weight excluding hydrogens is 422 g/mol. The maximum Gasteiger partial charge on any atom is 0.315 e. The first-order valence-corrected chi connectivity index (χ1v) is 9.48. The van der Waals surface area contributed by atoms with E-state index >= 15 is 0 Å². The molecule has 0 aromatic heterocycles. The van der Waals surface area contributed by atoms with Crippen molar-refractivity contribution in [2.45, 2.75) is 6.61 Å². The second kappa shape index (κ2) is 10.2. The predicted octanol–water partition coefficient (Wildman–Crippen LogP) is 4.60. The van der Waals surface area contributed by atoms with Crippen molar-refractivity contribution in [2.24, 2.45) is 5.10 Å². The summed E-state index contributed by atoms with van der Waals surface area (Å²) in [4.78, 5) is 23.2. The molecule has 3 rings (SSSR count). The average Bonchev–Trinajstić information content (AvgIpc) is 2.78. The number of carbonyl (C=O) groups is 1. The lowest BCUT2D eigenvalue weighted by Gasteiger charge is -2.12. The number of hydrogen-bond acceptors (Lipinski definition) is 6. The van der Waals surface area contributed by atoms with E-state index in [4.69, 9.17) is 21.1 Å². The highest BCUT2D eigenvalue weighted by atomic mass is 35.5. The lowest BCUT2D eigenvalue weighted by Crippen LogP contribution is -2.18. The van der Waals surface area contributed by atoms with Gasteiger partial charge in [-0.25, -0.2) is 5.43 Å². The van der Waals surface area contributed by atoms with Crippen LogP contribution in [0.3, 0.4) is 0 Å². The van der Waals surface area contributed by atoms with Gasteiger partial charge in [-0.15, -0.1) is 0 Å². The summed E-state index contributed by atoms with van der Waals surface area (Å²) in [6.45, 7) is 0.138. The van der Waals surface area contributed by atoms with Gasteiger partial charge in [0.05, 0.1) is 28.8 Å². The van der Waals surface area contributed by atoms with Crippen molar-refractivity contribution in [1.82, 2.24) is 5.43 Å². The predicted molar refractivity (Wildman–Crippen MR) is 117 cm³/mol. The van der Waals surface area contributed by atoms with Gasteiger partial charge in [0.25, 0.3) is 5.91 Å². The number of methoxy groups -OCH3 is 1. The maximum atomic E-state index is 12.2. The molecule has 0 aliphatic carbocycles. The van der Waals surface area contributed by atoms with E-state index in [0.29, 0.717) is 5.56 Å². The van der Waals surface area contributed by atoms with Crippen LogP contribution in [0.2, 0.25) is 5.02 Å². The largest absolute Gasteiger partial charge is 0.493 e. The summed E-state index contributed by atoms with van der Waals surface area (Å²) in [5, 5.41) is 15.7. The number of rotatable bonds is 8. The topological polar surface area (TPSA) is 103 Å². The van der Waals surface area contributed by atoms with Crippen LogP contribution in [-0.4, -0.2) is 24.2 Å². The number of nitrogens with zero attached hydrogens (tertiary/aromatic N) is 2. The van der Waals surface area contributed by atoms with Gasteiger partial charge in [-0.2, -0.15) is 5.10 Å². The summed E-state index contributed by atoms with van der Waals surface area (Å²) >= 11 is 5.98. The van der Waals surface area contributed by atoms with Gasteiger partial charge in [0.2, 0.25) is 5.75 Å². The second-order valence-electron chi connectivity index (χ2n) is 6.28. The van der Waals surface area contributed by atoms with E-state index in [1.165, 1.54) is 25.5 Å². The number of nitrogens with one attached hydrogen (secondary N) is 1. The van der Waals surface area contributed by atoms with Crippen LogP contribution in [0.25, 0.3) is 0 Å². The van der Waals surface area contributed by atoms with Crippen LogP contribution in [0.5, 0.6) is 11.5 Å². The normalized spacial score (nSPS) is 10.6. The quantitative estimate of drug-likeness (QED) is 0.314. The minimum Gasteiger partial charge on any atom is -0.493 e. The number of amides is 1. The highest BCUT2D eigenvalue weighted by Gasteiger charge is 2.22. The fraction of sp³-hybridized carbons (Fsp3) is 0.0909. The zero-order valence-electron chi connectivity index (χ0n) is 16.4. The molecule has 0 spiro atoms. The lowest BCUT2D eigenvalue weighted by molar-refractivity contribution is -0.386. The first-order chi connectivity index (χ1) is 15.0. The molecule has 0 atom stereocenters. The molecule has 158 valence electrons. The minimum absolute atomic E-state index is 0.00797. The fourth-order valence-electron chi connectivity index (χ4n) is 2.72. The van der Waals surface area contributed by atoms with Crippen LogP contribution in [0.4, 0.5) is 5.69 Å². The molecule has 0 fully saturated rings. The summed E-state index contributed by atoms with van der Waals surface area (Å²) in [6, 6.07) is 18.6. The Hall–Kier alpha value is -3.91. The molecule has 0 bridgehead atoms. The highest BCUT2D eigenvalue weighted by molar-refractivity contribution is 6.33. The number of halogens is 1. The van der Waals surface area contributed by atoms with Crippen molar-refractivity contribution >= 4 is 29.4 Å². The number of hydrogen-bond donors (Lipinski definition) is 1. The van der Waals surface area contributed by atoms with Crippen LogP contribution in [0.15, 0.2) is 71.8 Å². The molecule has 0 saturated heterocycles. The number of ether oxygens (including phenoxy) is 2. The van der Waals surface area contributed by atoms with Gasteiger partial charge in [-0.3, -0.25) is 14.9 Å². The van der Waals surface area contributed by atoms with Crippen LogP contribution in [0.1, 0.15) is 21.5 Å². The molecule has 1 N–H and O–H groups in total. The van der Waals surface area contributed by atoms with Crippen molar-refractivity contribution in [3.05, 3.63) is 98.6 Å². The van der Waals surface area contributed by atoms with Gasteiger partial charge in [0, 0.05) is 11.6 Å². The van der Waals surface area contributed by atoms with Crippen LogP contribution >= 0.6 is 11.6 Å². The molecule has 0 unspecified atom stereocenters. The van der Waals surface area contributed by atoms with Crippen molar-refractivity contribution in [1.29, 1.82) is 0 Å². The third-order valence-corrected chi connectivity index (χ3v) is 4.53. The van der Waals surface area contributed by atoms with E-state index in [0.717, 1.165) is 5.56 Å². The smallest absolute Gasteiger partial charge is 0.315 e. The Balaban J connectivity index is 1.80. The second-order valence-corrected chi connectivity index (χ2v) is 6.69. The molecule has 31 heavy (non-hydrogen) atoms. The Morgan fingerprint density at radius 2 is 1.87 bits per heavy atom. The Morgan fingerprint density at radius 3 is 2.55 bits per heavy atom. The lowest BCUT2D eigenvalue weighted by atomic mass is 10.1. The van der Waals surface area contributed by atoms with Gasteiger partial charge in [-0.05, 0) is 23.8 Å². The van der Waals surface area contributed by atoms with Gasteiger partial charge in [0.1, 0.15) is 6.61 Å². The van der Waals surface area contributed by atoms with Crippen molar-refractivity contribution < 1.29 is 19.2 Å². The molecule has 0 heterocycles. The minimum atomic E-state index is -0.567. The van der Waals surface area contributed by atoms with E-state index in [2.05, 4.69) is 10.5 Å². The highest BCUT2D eigenvalue weighted by Crippen LogP contribution is 2.38. The summed E-state index contributed by atoms with van der Waals surface area (Å²) in [6.07, 6.45) is 1.27. The number of carbonyl (C=O) groups excluding carboxylic acids is 1. The van der Waals surface area contributed by atoms with Gasteiger partial charge >= 0.3 is 5.69 Å². The first kappa shape index (κ1) is 21.8. The SMILES string of the molecule is COc1cc(/C=N\NC(=O)c2ccccc2Cl)cc([N+](=O)[O-])c1OCc1ccccc1. The molecule has 0 radical (unpaired) electrons. The Bertz CT molecular complexity index is 1120. The zero-order valence-corrected chi connectivity index (χ0v) is 17.2. The van der Waals surface area contributed by atoms with Crippen LogP contribution in [0, 0.1) is 10.1 Å². The van der Waals surface area contributed by atoms with Gasteiger partial charge < -0.3 is 9.47 Å². The molecule has 0 saturated carbocycles. The third-order valence-electron chi connectivity index (χ3n) is 4.20. The monoisotopic (exact) mass is 439 g/mol. The van der Waals surface area contributed by atoms with Crippen molar-refractivity contribution in [3.8, 4) is 11.5 Å². The molecule has 9 heteroatoms. The first-order valence-electron chi connectivity index (χ1n) is 9.10. The Morgan fingerprint density at radius 1 is 1.16 bits per heavy atom. The van der Waals surface area contributed by atoms with Crippen molar-refractivity contribution in [3.63, 3.8) is 0 Å². The van der Waals surface area contributed by atoms with Gasteiger partial charge in [-0.1, -0.05) is 54.1 Å². The fourth-order valence-corrected chi connectivity index (χ4v) is 2.94.